The second-order valence-corrected chi connectivity index (χ2v) is 9.60. The van der Waals surface area contributed by atoms with Gasteiger partial charge in [0.2, 0.25) is 0 Å². The molecule has 0 unspecified atom stereocenters. The molecule has 1 aliphatic heterocycles. The molecule has 0 atom stereocenters. The number of hydrogen-bond acceptors (Lipinski definition) is 4. The van der Waals surface area contributed by atoms with E-state index in [1.54, 1.807) is 13.8 Å². The van der Waals surface area contributed by atoms with Crippen LogP contribution in [0.3, 0.4) is 0 Å². The van der Waals surface area contributed by atoms with Gasteiger partial charge >= 0.3 is 13.1 Å². The summed E-state index contributed by atoms with van der Waals surface area (Å²) in [6.07, 6.45) is 3.67. The van der Waals surface area contributed by atoms with Crippen molar-refractivity contribution in [3.8, 4) is 0 Å². The zero-order valence-corrected chi connectivity index (χ0v) is 18.5. The SMILES string of the molecule is CCC1(CC)OB(c2ccc(SC(C)(C)C(=O)O)cc2C)OC1(CC)CC. The maximum Gasteiger partial charge on any atom is 0.495 e. The summed E-state index contributed by atoms with van der Waals surface area (Å²) in [5.74, 6) is -0.817. The molecule has 0 radical (unpaired) electrons. The fourth-order valence-electron chi connectivity index (χ4n) is 4.21. The van der Waals surface area contributed by atoms with Gasteiger partial charge in [0.05, 0.1) is 11.2 Å². The van der Waals surface area contributed by atoms with Gasteiger partial charge in [0, 0.05) is 4.90 Å². The van der Waals surface area contributed by atoms with E-state index in [-0.39, 0.29) is 18.3 Å². The highest BCUT2D eigenvalue weighted by Crippen LogP contribution is 2.47. The van der Waals surface area contributed by atoms with Crippen molar-refractivity contribution in [1.82, 2.24) is 0 Å². The van der Waals surface area contributed by atoms with E-state index in [4.69, 9.17) is 9.31 Å². The quantitative estimate of drug-likeness (QED) is 0.508. The molecule has 6 heteroatoms. The number of carboxylic acids is 1. The predicted molar refractivity (Wildman–Crippen MR) is 113 cm³/mol. The Balaban J connectivity index is 2.33. The van der Waals surface area contributed by atoms with Gasteiger partial charge in [0.15, 0.2) is 0 Å². The average molecular weight is 392 g/mol. The number of aliphatic carboxylic acids is 1. The van der Waals surface area contributed by atoms with Crippen LogP contribution in [0, 0.1) is 6.92 Å². The summed E-state index contributed by atoms with van der Waals surface area (Å²) in [6.45, 7) is 14.2. The highest BCUT2D eigenvalue weighted by molar-refractivity contribution is 8.01. The van der Waals surface area contributed by atoms with Crippen LogP contribution in [0.4, 0.5) is 0 Å². The molecule has 150 valence electrons. The number of benzene rings is 1. The summed E-state index contributed by atoms with van der Waals surface area (Å²) >= 11 is 1.36. The third-order valence-corrected chi connectivity index (χ3v) is 7.34. The molecule has 0 spiro atoms. The summed E-state index contributed by atoms with van der Waals surface area (Å²) in [5, 5.41) is 9.36. The Hall–Kier alpha value is -0.975. The zero-order chi connectivity index (χ0) is 20.5. The third kappa shape index (κ3) is 3.94. The van der Waals surface area contributed by atoms with E-state index in [1.165, 1.54) is 11.8 Å². The molecular weight excluding hydrogens is 359 g/mol. The number of aryl methyl sites for hydroxylation is 1. The Morgan fingerprint density at radius 1 is 1.07 bits per heavy atom. The average Bonchev–Trinajstić information content (AvgIpc) is 2.96. The molecule has 1 heterocycles. The Kier molecular flexibility index (Phi) is 6.76. The molecule has 0 aromatic heterocycles. The van der Waals surface area contributed by atoms with Crippen molar-refractivity contribution in [1.29, 1.82) is 0 Å². The van der Waals surface area contributed by atoms with E-state index in [2.05, 4.69) is 27.7 Å². The molecule has 0 saturated carbocycles. The molecule has 1 aromatic rings. The van der Waals surface area contributed by atoms with E-state index in [0.717, 1.165) is 41.6 Å². The van der Waals surface area contributed by atoms with E-state index in [1.807, 2.05) is 25.1 Å². The smallest absolute Gasteiger partial charge is 0.480 e. The van der Waals surface area contributed by atoms with Gasteiger partial charge in [0.25, 0.3) is 0 Å². The summed E-state index contributed by atoms with van der Waals surface area (Å²) in [5.41, 5.74) is 1.55. The van der Waals surface area contributed by atoms with Crippen molar-refractivity contribution in [3.05, 3.63) is 23.8 Å². The van der Waals surface area contributed by atoms with Crippen molar-refractivity contribution < 1.29 is 19.2 Å². The molecule has 2 rings (SSSR count). The maximum atomic E-state index is 11.4. The summed E-state index contributed by atoms with van der Waals surface area (Å²) < 4.78 is 12.3. The van der Waals surface area contributed by atoms with Gasteiger partial charge in [-0.3, -0.25) is 4.79 Å². The second kappa shape index (κ2) is 8.18. The summed E-state index contributed by atoms with van der Waals surface area (Å²) in [7, 11) is -0.378. The molecule has 1 fully saturated rings. The molecule has 1 N–H and O–H groups in total. The molecule has 1 aliphatic rings. The number of carbonyl (C=O) groups is 1. The van der Waals surface area contributed by atoms with Crippen molar-refractivity contribution in [3.63, 3.8) is 0 Å². The van der Waals surface area contributed by atoms with E-state index in [9.17, 15) is 9.90 Å². The normalized spacial score (nSPS) is 18.7. The fourth-order valence-corrected chi connectivity index (χ4v) is 5.26. The molecule has 4 nitrogen and oxygen atoms in total. The predicted octanol–water partition coefficient (Wildman–Crippen LogP) is 4.81. The Morgan fingerprint density at radius 2 is 1.56 bits per heavy atom. The minimum Gasteiger partial charge on any atom is -0.480 e. The minimum absolute atomic E-state index is 0.272. The Morgan fingerprint density at radius 3 is 1.93 bits per heavy atom. The van der Waals surface area contributed by atoms with Gasteiger partial charge in [-0.1, -0.05) is 39.3 Å². The van der Waals surface area contributed by atoms with E-state index >= 15 is 0 Å². The maximum absolute atomic E-state index is 11.4. The highest BCUT2D eigenvalue weighted by atomic mass is 32.2. The van der Waals surface area contributed by atoms with Gasteiger partial charge in [-0.25, -0.2) is 0 Å². The third-order valence-electron chi connectivity index (χ3n) is 6.16. The monoisotopic (exact) mass is 392 g/mol. The Bertz CT molecular complexity index is 661. The fraction of sp³-hybridized carbons (Fsp3) is 0.667. The number of hydrogen-bond donors (Lipinski definition) is 1. The second-order valence-electron chi connectivity index (χ2n) is 7.91. The molecule has 1 aromatic carbocycles. The summed E-state index contributed by atoms with van der Waals surface area (Å²) in [4.78, 5) is 12.3. The van der Waals surface area contributed by atoms with Crippen LogP contribution in [0.25, 0.3) is 0 Å². The van der Waals surface area contributed by atoms with Crippen LogP contribution >= 0.6 is 11.8 Å². The van der Waals surface area contributed by atoms with Crippen LogP contribution in [-0.4, -0.2) is 34.1 Å². The van der Waals surface area contributed by atoms with Crippen LogP contribution in [0.1, 0.15) is 72.8 Å². The molecule has 27 heavy (non-hydrogen) atoms. The number of thioether (sulfide) groups is 1. The standard InChI is InChI=1S/C21H33BO4S/c1-8-20(9-2)21(10-3,11-4)26-22(25-20)17-13-12-16(14-15(17)5)27-19(6,7)18(23)24/h12-14H,8-11H2,1-7H3,(H,23,24). The molecular formula is C21H33BO4S. The summed E-state index contributed by atoms with van der Waals surface area (Å²) in [6, 6.07) is 6.04. The van der Waals surface area contributed by atoms with Gasteiger partial charge < -0.3 is 14.4 Å². The number of carboxylic acid groups (broad SMARTS) is 1. The van der Waals surface area contributed by atoms with Gasteiger partial charge in [-0.2, -0.15) is 0 Å². The molecule has 1 saturated heterocycles. The van der Waals surface area contributed by atoms with Crippen molar-refractivity contribution in [2.24, 2.45) is 0 Å². The van der Waals surface area contributed by atoms with Gasteiger partial charge in [-0.15, -0.1) is 11.8 Å². The lowest BCUT2D eigenvalue weighted by Crippen LogP contribution is -2.50. The lowest BCUT2D eigenvalue weighted by molar-refractivity contribution is -0.138. The zero-order valence-electron chi connectivity index (χ0n) is 17.7. The van der Waals surface area contributed by atoms with E-state index < -0.39 is 10.7 Å². The molecule has 0 amide bonds. The van der Waals surface area contributed by atoms with Crippen LogP contribution in [0.2, 0.25) is 0 Å². The first-order chi connectivity index (χ1) is 12.6. The van der Waals surface area contributed by atoms with E-state index in [0.29, 0.717) is 0 Å². The Labute approximate surface area is 168 Å². The van der Waals surface area contributed by atoms with Crippen molar-refractivity contribution in [2.75, 3.05) is 0 Å². The van der Waals surface area contributed by atoms with Crippen LogP contribution in [-0.2, 0) is 14.1 Å². The topological polar surface area (TPSA) is 55.8 Å². The van der Waals surface area contributed by atoms with Crippen LogP contribution in [0.15, 0.2) is 23.1 Å². The van der Waals surface area contributed by atoms with Gasteiger partial charge in [-0.05, 0) is 64.1 Å². The molecule has 0 bridgehead atoms. The first-order valence-corrected chi connectivity index (χ1v) is 10.8. The van der Waals surface area contributed by atoms with Crippen LogP contribution in [0.5, 0.6) is 0 Å². The lowest BCUT2D eigenvalue weighted by atomic mass is 9.75. The van der Waals surface area contributed by atoms with Crippen molar-refractivity contribution in [2.45, 2.75) is 95.0 Å². The van der Waals surface area contributed by atoms with Crippen molar-refractivity contribution >= 4 is 30.3 Å². The minimum atomic E-state index is -0.868. The lowest BCUT2D eigenvalue weighted by Gasteiger charge is -2.42. The first kappa shape index (κ1) is 22.3. The highest BCUT2D eigenvalue weighted by Gasteiger charge is 2.58. The van der Waals surface area contributed by atoms with Gasteiger partial charge in [0.1, 0.15) is 4.75 Å². The number of rotatable bonds is 8. The molecule has 0 aliphatic carbocycles. The largest absolute Gasteiger partial charge is 0.495 e. The van der Waals surface area contributed by atoms with Crippen LogP contribution < -0.4 is 5.46 Å². The first-order valence-electron chi connectivity index (χ1n) is 9.98.